The first-order valence-electron chi connectivity index (χ1n) is 11.2. The number of rotatable bonds is 8. The van der Waals surface area contributed by atoms with E-state index in [0.29, 0.717) is 12.0 Å². The van der Waals surface area contributed by atoms with Crippen LogP contribution in [0.2, 0.25) is 0 Å². The van der Waals surface area contributed by atoms with Crippen molar-refractivity contribution in [3.8, 4) is 0 Å². The molecule has 1 fully saturated rings. The molecule has 0 saturated carbocycles. The molecule has 164 valence electrons. The van der Waals surface area contributed by atoms with Gasteiger partial charge in [0.25, 0.3) is 0 Å². The Balaban J connectivity index is 1.34. The van der Waals surface area contributed by atoms with Gasteiger partial charge in [-0.05, 0) is 71.0 Å². The zero-order chi connectivity index (χ0) is 21.3. The summed E-state index contributed by atoms with van der Waals surface area (Å²) in [6, 6.07) is 11.0. The van der Waals surface area contributed by atoms with E-state index in [2.05, 4.69) is 62.8 Å². The van der Waals surface area contributed by atoms with Crippen LogP contribution in [-0.4, -0.2) is 48.6 Å². The molecule has 2 N–H and O–H groups in total. The van der Waals surface area contributed by atoms with E-state index in [-0.39, 0.29) is 0 Å². The Hall–Kier alpha value is -2.34. The second kappa shape index (κ2) is 11.2. The minimum absolute atomic E-state index is 0.381. The van der Waals surface area contributed by atoms with Crippen molar-refractivity contribution < 1.29 is 4.42 Å². The summed E-state index contributed by atoms with van der Waals surface area (Å²) in [4.78, 5) is 11.4. The third-order valence-corrected chi connectivity index (χ3v) is 6.01. The summed E-state index contributed by atoms with van der Waals surface area (Å²) in [5.41, 5.74) is 2.39. The molecule has 0 spiro atoms. The molecule has 3 rings (SSSR count). The molecule has 1 atom stereocenters. The number of nitrogens with zero attached hydrogens (tertiary/aromatic N) is 3. The predicted molar refractivity (Wildman–Crippen MR) is 123 cm³/mol. The Morgan fingerprint density at radius 2 is 1.97 bits per heavy atom. The summed E-state index contributed by atoms with van der Waals surface area (Å²) in [6.45, 7) is 10.2. The highest BCUT2D eigenvalue weighted by Gasteiger charge is 2.21. The Morgan fingerprint density at radius 1 is 1.23 bits per heavy atom. The molecule has 2 aromatic rings. The van der Waals surface area contributed by atoms with Gasteiger partial charge in [0, 0.05) is 19.6 Å². The number of nitrogens with one attached hydrogen (secondary N) is 2. The molecule has 0 radical (unpaired) electrons. The molecule has 1 aromatic heterocycles. The van der Waals surface area contributed by atoms with E-state index in [1.807, 2.05) is 20.9 Å². The van der Waals surface area contributed by atoms with Gasteiger partial charge in [-0.15, -0.1) is 0 Å². The Labute approximate surface area is 181 Å². The van der Waals surface area contributed by atoms with Crippen LogP contribution in [0.4, 0.5) is 0 Å². The number of aromatic nitrogens is 1. The number of piperidine rings is 1. The molecule has 0 amide bonds. The molecular weight excluding hydrogens is 374 g/mol. The van der Waals surface area contributed by atoms with Crippen molar-refractivity contribution >= 4 is 5.96 Å². The van der Waals surface area contributed by atoms with Gasteiger partial charge >= 0.3 is 0 Å². The quantitative estimate of drug-likeness (QED) is 0.512. The standard InChI is InChI=1S/C24H37N5O/c1-18(10-11-21-8-6-5-7-9-21)27-24(25-4)26-16-22-12-14-29(15-13-22)17-23-28-19(2)20(3)30-23/h5-9,18,22H,10-17H2,1-4H3,(H2,25,26,27). The number of hydrogen-bond acceptors (Lipinski definition) is 4. The molecule has 1 aliphatic heterocycles. The highest BCUT2D eigenvalue weighted by molar-refractivity contribution is 5.79. The fraction of sp³-hybridized carbons (Fsp3) is 0.583. The third-order valence-electron chi connectivity index (χ3n) is 6.01. The van der Waals surface area contributed by atoms with Crippen molar-refractivity contribution in [3.05, 3.63) is 53.2 Å². The van der Waals surface area contributed by atoms with Crippen molar-refractivity contribution in [1.82, 2.24) is 20.5 Å². The van der Waals surface area contributed by atoms with Crippen molar-refractivity contribution in [3.63, 3.8) is 0 Å². The van der Waals surface area contributed by atoms with Crippen LogP contribution in [0.15, 0.2) is 39.7 Å². The van der Waals surface area contributed by atoms with Gasteiger partial charge in [-0.3, -0.25) is 9.89 Å². The van der Waals surface area contributed by atoms with Gasteiger partial charge in [-0.2, -0.15) is 0 Å². The number of hydrogen-bond donors (Lipinski definition) is 2. The lowest BCUT2D eigenvalue weighted by Crippen LogP contribution is -2.45. The maximum atomic E-state index is 5.73. The summed E-state index contributed by atoms with van der Waals surface area (Å²) >= 11 is 0. The van der Waals surface area contributed by atoms with Crippen molar-refractivity contribution in [2.75, 3.05) is 26.7 Å². The van der Waals surface area contributed by atoms with Gasteiger partial charge < -0.3 is 15.1 Å². The van der Waals surface area contributed by atoms with Gasteiger partial charge in [-0.25, -0.2) is 4.98 Å². The molecular formula is C24H37N5O. The zero-order valence-corrected chi connectivity index (χ0v) is 18.9. The number of benzene rings is 1. The van der Waals surface area contributed by atoms with Gasteiger partial charge in [0.1, 0.15) is 5.76 Å². The first kappa shape index (κ1) is 22.3. The lowest BCUT2D eigenvalue weighted by molar-refractivity contribution is 0.164. The first-order chi connectivity index (χ1) is 14.5. The second-order valence-electron chi connectivity index (χ2n) is 8.49. The number of oxazole rings is 1. The van der Waals surface area contributed by atoms with Crippen molar-refractivity contribution in [2.24, 2.45) is 10.9 Å². The molecule has 1 unspecified atom stereocenters. The van der Waals surface area contributed by atoms with E-state index in [1.165, 1.54) is 18.4 Å². The molecule has 1 saturated heterocycles. The number of aliphatic imine (C=N–C) groups is 1. The van der Waals surface area contributed by atoms with Crippen LogP contribution < -0.4 is 10.6 Å². The minimum atomic E-state index is 0.381. The zero-order valence-electron chi connectivity index (χ0n) is 18.9. The van der Waals surface area contributed by atoms with Crippen molar-refractivity contribution in [1.29, 1.82) is 0 Å². The minimum Gasteiger partial charge on any atom is -0.444 e. The van der Waals surface area contributed by atoms with E-state index in [4.69, 9.17) is 4.42 Å². The lowest BCUT2D eigenvalue weighted by Gasteiger charge is -2.31. The molecule has 6 heteroatoms. The Bertz CT molecular complexity index is 774. The van der Waals surface area contributed by atoms with E-state index >= 15 is 0 Å². The Kier molecular flexibility index (Phi) is 8.31. The van der Waals surface area contributed by atoms with E-state index in [1.54, 1.807) is 0 Å². The summed E-state index contributed by atoms with van der Waals surface area (Å²) in [5, 5.41) is 7.07. The van der Waals surface area contributed by atoms with Crippen LogP contribution in [-0.2, 0) is 13.0 Å². The molecule has 30 heavy (non-hydrogen) atoms. The molecule has 6 nitrogen and oxygen atoms in total. The van der Waals surface area contributed by atoms with Crippen LogP contribution in [0, 0.1) is 19.8 Å². The number of guanidine groups is 1. The van der Waals surface area contributed by atoms with Crippen LogP contribution >= 0.6 is 0 Å². The normalized spacial score (nSPS) is 17.1. The van der Waals surface area contributed by atoms with Gasteiger partial charge in [-0.1, -0.05) is 30.3 Å². The average Bonchev–Trinajstić information content (AvgIpc) is 3.08. The summed E-state index contributed by atoms with van der Waals surface area (Å²) in [6.07, 6.45) is 4.54. The van der Waals surface area contributed by atoms with E-state index in [9.17, 15) is 0 Å². The van der Waals surface area contributed by atoms with Gasteiger partial charge in [0.2, 0.25) is 5.89 Å². The van der Waals surface area contributed by atoms with Crippen LogP contribution in [0.25, 0.3) is 0 Å². The monoisotopic (exact) mass is 411 g/mol. The highest BCUT2D eigenvalue weighted by Crippen LogP contribution is 2.19. The highest BCUT2D eigenvalue weighted by atomic mass is 16.4. The summed E-state index contributed by atoms with van der Waals surface area (Å²) in [7, 11) is 1.85. The summed E-state index contributed by atoms with van der Waals surface area (Å²) in [5.74, 6) is 3.35. The lowest BCUT2D eigenvalue weighted by atomic mass is 9.97. The maximum absolute atomic E-state index is 5.73. The first-order valence-corrected chi connectivity index (χ1v) is 11.2. The average molecular weight is 412 g/mol. The molecule has 2 heterocycles. The van der Waals surface area contributed by atoms with Crippen LogP contribution in [0.1, 0.15) is 49.1 Å². The van der Waals surface area contributed by atoms with Gasteiger partial charge in [0.15, 0.2) is 5.96 Å². The molecule has 0 aliphatic carbocycles. The molecule has 1 aliphatic rings. The number of aryl methyl sites for hydroxylation is 3. The Morgan fingerprint density at radius 3 is 2.60 bits per heavy atom. The van der Waals surface area contributed by atoms with E-state index < -0.39 is 0 Å². The third kappa shape index (κ3) is 6.87. The molecule has 1 aromatic carbocycles. The largest absolute Gasteiger partial charge is 0.444 e. The van der Waals surface area contributed by atoms with Gasteiger partial charge in [0.05, 0.1) is 12.2 Å². The number of likely N-dealkylation sites (tertiary alicyclic amines) is 1. The summed E-state index contributed by atoms with van der Waals surface area (Å²) < 4.78 is 5.73. The van der Waals surface area contributed by atoms with Crippen LogP contribution in [0.3, 0.4) is 0 Å². The second-order valence-corrected chi connectivity index (χ2v) is 8.49. The fourth-order valence-electron chi connectivity index (χ4n) is 3.92. The SMILES string of the molecule is CN=C(NCC1CCN(Cc2nc(C)c(C)o2)CC1)NC(C)CCc1ccccc1. The fourth-order valence-corrected chi connectivity index (χ4v) is 3.92. The maximum Gasteiger partial charge on any atom is 0.208 e. The topological polar surface area (TPSA) is 65.7 Å². The molecule has 0 bridgehead atoms. The predicted octanol–water partition coefficient (Wildman–Crippen LogP) is 3.69. The van der Waals surface area contributed by atoms with E-state index in [0.717, 1.165) is 62.3 Å². The smallest absolute Gasteiger partial charge is 0.208 e. The van der Waals surface area contributed by atoms with Crippen LogP contribution in [0.5, 0.6) is 0 Å². The van der Waals surface area contributed by atoms with Crippen molar-refractivity contribution in [2.45, 2.75) is 59.0 Å².